The summed E-state index contributed by atoms with van der Waals surface area (Å²) in [7, 11) is -3.45. The Bertz CT molecular complexity index is 1220. The van der Waals surface area contributed by atoms with Crippen molar-refractivity contribution < 1.29 is 13.2 Å². The highest BCUT2D eigenvalue weighted by Crippen LogP contribution is 2.28. The van der Waals surface area contributed by atoms with E-state index in [0.29, 0.717) is 29.7 Å². The Morgan fingerprint density at radius 2 is 1.94 bits per heavy atom. The lowest BCUT2D eigenvalue weighted by atomic mass is 9.97. The van der Waals surface area contributed by atoms with Gasteiger partial charge in [-0.2, -0.15) is 4.31 Å². The molecule has 2 aliphatic heterocycles. The highest BCUT2D eigenvalue weighted by Gasteiger charge is 2.29. The van der Waals surface area contributed by atoms with E-state index >= 15 is 0 Å². The van der Waals surface area contributed by atoms with Crippen LogP contribution in [-0.4, -0.2) is 54.8 Å². The summed E-state index contributed by atoms with van der Waals surface area (Å²) in [5.41, 5.74) is 0.747. The summed E-state index contributed by atoms with van der Waals surface area (Å²) in [5, 5.41) is 6.15. The number of hydrogen-bond acceptors (Lipinski definition) is 7. The number of benzene rings is 1. The molecule has 3 aromatic rings. The number of rotatable bonds is 5. The molecule has 0 aliphatic carbocycles. The maximum atomic E-state index is 12.9. The summed E-state index contributed by atoms with van der Waals surface area (Å²) in [6.07, 6.45) is 5.24. The molecule has 1 atom stereocenters. The van der Waals surface area contributed by atoms with E-state index in [1.165, 1.54) is 11.3 Å². The van der Waals surface area contributed by atoms with Crippen molar-refractivity contribution in [1.82, 2.24) is 14.3 Å². The number of anilines is 2. The zero-order valence-electron chi connectivity index (χ0n) is 17.6. The SMILES string of the molecule is O=C(Nc1nccs1)[C@@H]1CCCN(c2ccc3cc(S(=O)(=O)N4CCCC4)ccc3n2)C1. The molecule has 4 heterocycles. The number of hydrogen-bond donors (Lipinski definition) is 1. The van der Waals surface area contributed by atoms with Gasteiger partial charge in [0.05, 0.1) is 16.3 Å². The molecule has 1 amide bonds. The molecule has 1 N–H and O–H groups in total. The smallest absolute Gasteiger partial charge is 0.243 e. The average Bonchev–Trinajstić information content (AvgIpc) is 3.53. The van der Waals surface area contributed by atoms with Gasteiger partial charge in [-0.1, -0.05) is 0 Å². The summed E-state index contributed by atoms with van der Waals surface area (Å²) < 4.78 is 27.3. The molecule has 10 heteroatoms. The van der Waals surface area contributed by atoms with E-state index in [9.17, 15) is 13.2 Å². The number of aromatic nitrogens is 2. The van der Waals surface area contributed by atoms with Crippen LogP contribution in [0.1, 0.15) is 25.7 Å². The van der Waals surface area contributed by atoms with Crippen LogP contribution in [0, 0.1) is 5.92 Å². The Balaban J connectivity index is 1.33. The number of thiazole rings is 1. The van der Waals surface area contributed by atoms with E-state index in [1.807, 2.05) is 17.5 Å². The molecule has 0 bridgehead atoms. The molecule has 2 saturated heterocycles. The minimum atomic E-state index is -3.45. The number of sulfonamides is 1. The number of piperidine rings is 1. The molecule has 0 saturated carbocycles. The van der Waals surface area contributed by atoms with Crippen LogP contribution in [0.4, 0.5) is 10.9 Å². The minimum absolute atomic E-state index is 0.0119. The lowest BCUT2D eigenvalue weighted by Crippen LogP contribution is -2.41. The third-order valence-electron chi connectivity index (χ3n) is 6.13. The summed E-state index contributed by atoms with van der Waals surface area (Å²) >= 11 is 1.41. The zero-order chi connectivity index (χ0) is 22.1. The Hall–Kier alpha value is -2.56. The topological polar surface area (TPSA) is 95.5 Å². The van der Waals surface area contributed by atoms with Gasteiger partial charge in [0, 0.05) is 43.1 Å². The molecular formula is C22H25N5O3S2. The van der Waals surface area contributed by atoms with E-state index < -0.39 is 10.0 Å². The van der Waals surface area contributed by atoms with Crippen LogP contribution in [0.25, 0.3) is 10.9 Å². The lowest BCUT2D eigenvalue weighted by molar-refractivity contribution is -0.120. The van der Waals surface area contributed by atoms with E-state index in [-0.39, 0.29) is 11.8 Å². The third-order valence-corrected chi connectivity index (χ3v) is 8.71. The van der Waals surface area contributed by atoms with Gasteiger partial charge in [-0.05, 0) is 56.0 Å². The molecule has 1 aromatic carbocycles. The van der Waals surface area contributed by atoms with Gasteiger partial charge in [0.25, 0.3) is 0 Å². The van der Waals surface area contributed by atoms with Crippen LogP contribution >= 0.6 is 11.3 Å². The van der Waals surface area contributed by atoms with Crippen LogP contribution in [0.15, 0.2) is 46.8 Å². The fraction of sp³-hybridized carbons (Fsp3) is 0.409. The highest BCUT2D eigenvalue weighted by molar-refractivity contribution is 7.89. The molecule has 0 radical (unpaired) electrons. The first-order valence-electron chi connectivity index (χ1n) is 10.9. The maximum absolute atomic E-state index is 12.9. The largest absolute Gasteiger partial charge is 0.356 e. The van der Waals surface area contributed by atoms with Crippen molar-refractivity contribution in [3.8, 4) is 0 Å². The fourth-order valence-corrected chi connectivity index (χ4v) is 6.48. The van der Waals surface area contributed by atoms with Gasteiger partial charge in [-0.3, -0.25) is 4.79 Å². The molecule has 2 fully saturated rings. The Labute approximate surface area is 191 Å². The van der Waals surface area contributed by atoms with Gasteiger partial charge in [-0.15, -0.1) is 11.3 Å². The highest BCUT2D eigenvalue weighted by atomic mass is 32.2. The average molecular weight is 472 g/mol. The van der Waals surface area contributed by atoms with Crippen molar-refractivity contribution in [3.05, 3.63) is 41.9 Å². The first-order valence-corrected chi connectivity index (χ1v) is 13.2. The predicted molar refractivity (Wildman–Crippen MR) is 125 cm³/mol. The standard InChI is InChI=1S/C22H25N5O3S2/c28-21(25-22-23-9-13-31-22)17-4-3-10-26(15-17)20-8-5-16-14-18(6-7-19(16)24-20)32(29,30)27-11-1-2-12-27/h5-9,13-14,17H,1-4,10-12,15H2,(H,23,25,28)/t17-/m1/s1. The number of nitrogens with zero attached hydrogens (tertiary/aromatic N) is 4. The molecule has 0 spiro atoms. The van der Waals surface area contributed by atoms with Gasteiger partial charge in [0.1, 0.15) is 5.82 Å². The number of pyridine rings is 1. The Kier molecular flexibility index (Phi) is 5.83. The molecule has 2 aliphatic rings. The second-order valence-corrected chi connectivity index (χ2v) is 11.1. The van der Waals surface area contributed by atoms with Crippen LogP contribution in [0.5, 0.6) is 0 Å². The first kappa shape index (κ1) is 21.3. The van der Waals surface area contributed by atoms with Crippen LogP contribution in [0.3, 0.4) is 0 Å². The number of nitrogens with one attached hydrogen (secondary N) is 1. The fourth-order valence-electron chi connectivity index (χ4n) is 4.40. The van der Waals surface area contributed by atoms with Crippen LogP contribution in [0.2, 0.25) is 0 Å². The normalized spacial score (nSPS) is 20.0. The monoisotopic (exact) mass is 471 g/mol. The number of carbonyl (C=O) groups is 1. The number of amides is 1. The van der Waals surface area contributed by atoms with Crippen LogP contribution in [-0.2, 0) is 14.8 Å². The van der Waals surface area contributed by atoms with Gasteiger partial charge < -0.3 is 10.2 Å². The molecule has 32 heavy (non-hydrogen) atoms. The summed E-state index contributed by atoms with van der Waals surface area (Å²) in [6, 6.07) is 8.96. The van der Waals surface area contributed by atoms with Crippen molar-refractivity contribution in [2.75, 3.05) is 36.4 Å². The van der Waals surface area contributed by atoms with Crippen molar-refractivity contribution in [1.29, 1.82) is 0 Å². The summed E-state index contributed by atoms with van der Waals surface area (Å²) in [6.45, 7) is 2.60. The van der Waals surface area contributed by atoms with Gasteiger partial charge in [0.2, 0.25) is 15.9 Å². The van der Waals surface area contributed by atoms with Crippen molar-refractivity contribution in [2.45, 2.75) is 30.6 Å². The number of carbonyl (C=O) groups excluding carboxylic acids is 1. The van der Waals surface area contributed by atoms with Crippen LogP contribution < -0.4 is 10.2 Å². The van der Waals surface area contributed by atoms with E-state index in [1.54, 1.807) is 28.7 Å². The van der Waals surface area contributed by atoms with E-state index in [2.05, 4.69) is 15.2 Å². The maximum Gasteiger partial charge on any atom is 0.243 e. The van der Waals surface area contributed by atoms with E-state index in [4.69, 9.17) is 4.98 Å². The summed E-state index contributed by atoms with van der Waals surface area (Å²) in [4.78, 5) is 24.0. The molecule has 2 aromatic heterocycles. The lowest BCUT2D eigenvalue weighted by Gasteiger charge is -2.32. The quantitative estimate of drug-likeness (QED) is 0.613. The van der Waals surface area contributed by atoms with Gasteiger partial charge in [-0.25, -0.2) is 18.4 Å². The predicted octanol–water partition coefficient (Wildman–Crippen LogP) is 3.33. The first-order chi connectivity index (χ1) is 15.5. The third kappa shape index (κ3) is 4.22. The van der Waals surface area contributed by atoms with Gasteiger partial charge in [0.15, 0.2) is 5.13 Å². The Morgan fingerprint density at radius 1 is 1.09 bits per heavy atom. The van der Waals surface area contributed by atoms with E-state index in [0.717, 1.165) is 48.9 Å². The Morgan fingerprint density at radius 3 is 2.72 bits per heavy atom. The zero-order valence-corrected chi connectivity index (χ0v) is 19.2. The number of fused-ring (bicyclic) bond motifs is 1. The molecule has 5 rings (SSSR count). The van der Waals surface area contributed by atoms with Crippen molar-refractivity contribution in [3.63, 3.8) is 0 Å². The molecule has 0 unspecified atom stereocenters. The molecule has 168 valence electrons. The second kappa shape index (κ2) is 8.76. The molecule has 8 nitrogen and oxygen atoms in total. The van der Waals surface area contributed by atoms with Crippen molar-refractivity contribution >= 4 is 49.1 Å². The second-order valence-electron chi connectivity index (χ2n) is 8.25. The van der Waals surface area contributed by atoms with Gasteiger partial charge >= 0.3 is 0 Å². The van der Waals surface area contributed by atoms with Crippen molar-refractivity contribution in [2.24, 2.45) is 5.92 Å². The summed E-state index contributed by atoms with van der Waals surface area (Å²) in [5.74, 6) is 0.666. The molecular weight excluding hydrogens is 446 g/mol. The minimum Gasteiger partial charge on any atom is -0.356 e.